The van der Waals surface area contributed by atoms with Crippen molar-refractivity contribution >= 4 is 34.9 Å². The highest BCUT2D eigenvalue weighted by Crippen LogP contribution is 2.26. The molecule has 1 heterocycles. The van der Waals surface area contributed by atoms with Gasteiger partial charge < -0.3 is 10.2 Å². The first-order valence-electron chi connectivity index (χ1n) is 2.78. The third-order valence-electron chi connectivity index (χ3n) is 1.09. The van der Waals surface area contributed by atoms with Crippen molar-refractivity contribution in [2.45, 2.75) is 0 Å². The molecule has 0 aliphatic rings. The third kappa shape index (κ3) is 1.57. The molecule has 0 saturated carbocycles. The van der Waals surface area contributed by atoms with Gasteiger partial charge in [-0.25, -0.2) is 9.59 Å². The van der Waals surface area contributed by atoms with Crippen LogP contribution in [0.5, 0.6) is 0 Å². The van der Waals surface area contributed by atoms with Crippen LogP contribution in [0.2, 0.25) is 5.02 Å². The van der Waals surface area contributed by atoms with Crippen LogP contribution >= 0.6 is 22.9 Å². The predicted molar refractivity (Wildman–Crippen MR) is 43.2 cm³/mol. The first-order chi connectivity index (χ1) is 5.52. The van der Waals surface area contributed by atoms with Crippen molar-refractivity contribution in [2.24, 2.45) is 0 Å². The summed E-state index contributed by atoms with van der Waals surface area (Å²) in [6.07, 6.45) is 0. The molecule has 0 spiro atoms. The van der Waals surface area contributed by atoms with Crippen LogP contribution in [0.1, 0.15) is 19.3 Å². The monoisotopic (exact) mass is 206 g/mol. The quantitative estimate of drug-likeness (QED) is 0.774. The van der Waals surface area contributed by atoms with Crippen LogP contribution in [0.3, 0.4) is 0 Å². The average Bonchev–Trinajstić information content (AvgIpc) is 2.30. The van der Waals surface area contributed by atoms with Gasteiger partial charge in [0.2, 0.25) is 0 Å². The van der Waals surface area contributed by atoms with E-state index >= 15 is 0 Å². The number of carboxylic acid groups (broad SMARTS) is 2. The fourth-order valence-electron chi connectivity index (χ4n) is 0.620. The highest BCUT2D eigenvalue weighted by Gasteiger charge is 2.16. The first kappa shape index (κ1) is 9.02. The molecule has 0 unspecified atom stereocenters. The Morgan fingerprint density at radius 2 is 1.92 bits per heavy atom. The van der Waals surface area contributed by atoms with E-state index in [1.807, 2.05) is 0 Å². The second kappa shape index (κ2) is 3.12. The Kier molecular flexibility index (Phi) is 2.35. The van der Waals surface area contributed by atoms with Gasteiger partial charge >= 0.3 is 11.9 Å². The minimum absolute atomic E-state index is 0.0371. The van der Waals surface area contributed by atoms with E-state index in [1.165, 1.54) is 0 Å². The van der Waals surface area contributed by atoms with Gasteiger partial charge in [0, 0.05) is 0 Å². The number of aromatic carboxylic acids is 2. The van der Waals surface area contributed by atoms with Crippen molar-refractivity contribution in [3.05, 3.63) is 20.8 Å². The van der Waals surface area contributed by atoms with Gasteiger partial charge in [-0.1, -0.05) is 11.6 Å². The van der Waals surface area contributed by atoms with Crippen LogP contribution < -0.4 is 0 Å². The van der Waals surface area contributed by atoms with E-state index in [-0.39, 0.29) is 14.8 Å². The number of rotatable bonds is 2. The molecule has 1 rings (SSSR count). The predicted octanol–water partition coefficient (Wildman–Crippen LogP) is 1.80. The summed E-state index contributed by atoms with van der Waals surface area (Å²) in [5.41, 5.74) is 0. The first-order valence-corrected chi connectivity index (χ1v) is 3.97. The fourth-order valence-corrected chi connectivity index (χ4v) is 1.72. The van der Waals surface area contributed by atoms with Crippen molar-refractivity contribution in [1.82, 2.24) is 0 Å². The summed E-state index contributed by atoms with van der Waals surface area (Å²) in [6, 6.07) is 1.12. The van der Waals surface area contributed by atoms with Gasteiger partial charge in [0.05, 0.1) is 5.02 Å². The van der Waals surface area contributed by atoms with Gasteiger partial charge in [0.25, 0.3) is 0 Å². The van der Waals surface area contributed by atoms with Crippen molar-refractivity contribution < 1.29 is 19.8 Å². The molecular formula is C6H3ClO4S. The Bertz CT molecular complexity index is 343. The molecule has 12 heavy (non-hydrogen) atoms. The van der Waals surface area contributed by atoms with Gasteiger partial charge in [0.1, 0.15) is 9.75 Å². The summed E-state index contributed by atoms with van der Waals surface area (Å²) in [4.78, 5) is 20.5. The largest absolute Gasteiger partial charge is 0.477 e. The van der Waals surface area contributed by atoms with Crippen molar-refractivity contribution in [3.8, 4) is 0 Å². The molecule has 1 aromatic rings. The maximum Gasteiger partial charge on any atom is 0.347 e. The zero-order chi connectivity index (χ0) is 9.30. The molecule has 6 heteroatoms. The second-order valence-electron chi connectivity index (χ2n) is 1.90. The SMILES string of the molecule is O=C(O)c1cc(Cl)c(C(=O)O)s1. The van der Waals surface area contributed by atoms with E-state index in [2.05, 4.69) is 0 Å². The third-order valence-corrected chi connectivity index (χ3v) is 2.61. The Morgan fingerprint density at radius 3 is 2.17 bits per heavy atom. The minimum Gasteiger partial charge on any atom is -0.477 e. The summed E-state index contributed by atoms with van der Waals surface area (Å²) in [7, 11) is 0. The van der Waals surface area contributed by atoms with E-state index in [0.29, 0.717) is 11.3 Å². The maximum atomic E-state index is 10.4. The van der Waals surface area contributed by atoms with Gasteiger partial charge in [-0.15, -0.1) is 11.3 Å². The number of carbonyl (C=O) groups is 2. The maximum absolute atomic E-state index is 10.4. The average molecular weight is 207 g/mol. The van der Waals surface area contributed by atoms with E-state index in [0.717, 1.165) is 6.07 Å². The van der Waals surface area contributed by atoms with Crippen LogP contribution in [-0.2, 0) is 0 Å². The lowest BCUT2D eigenvalue weighted by atomic mass is 10.4. The lowest BCUT2D eigenvalue weighted by Gasteiger charge is -1.84. The standard InChI is InChI=1S/C6H3ClO4S/c7-2-1-3(5(8)9)12-4(2)6(10)11/h1H,(H,8,9)(H,10,11). The Balaban J connectivity index is 3.17. The number of halogens is 1. The summed E-state index contributed by atoms with van der Waals surface area (Å²) in [6.45, 7) is 0. The number of hydrogen-bond donors (Lipinski definition) is 2. The van der Waals surface area contributed by atoms with Crippen molar-refractivity contribution in [1.29, 1.82) is 0 Å². The Hall–Kier alpha value is -1.07. The zero-order valence-electron chi connectivity index (χ0n) is 5.57. The highest BCUT2D eigenvalue weighted by atomic mass is 35.5. The minimum atomic E-state index is -1.21. The van der Waals surface area contributed by atoms with Gasteiger partial charge in [-0.3, -0.25) is 0 Å². The van der Waals surface area contributed by atoms with Gasteiger partial charge in [0.15, 0.2) is 0 Å². The van der Waals surface area contributed by atoms with Crippen LogP contribution in [0.25, 0.3) is 0 Å². The van der Waals surface area contributed by atoms with E-state index in [4.69, 9.17) is 21.8 Å². The molecule has 0 aromatic carbocycles. The summed E-state index contributed by atoms with van der Waals surface area (Å²) in [5, 5.41) is 16.9. The molecule has 0 bridgehead atoms. The lowest BCUT2D eigenvalue weighted by molar-refractivity contribution is 0.0693. The molecule has 0 fully saturated rings. The molecular weight excluding hydrogens is 204 g/mol. The number of thiophene rings is 1. The van der Waals surface area contributed by atoms with E-state index < -0.39 is 11.9 Å². The molecule has 64 valence electrons. The number of carboxylic acids is 2. The Labute approximate surface area is 76.0 Å². The van der Waals surface area contributed by atoms with Crippen LogP contribution in [0.15, 0.2) is 6.07 Å². The molecule has 0 atom stereocenters. The topological polar surface area (TPSA) is 74.6 Å². The molecule has 1 aromatic heterocycles. The second-order valence-corrected chi connectivity index (χ2v) is 3.36. The van der Waals surface area contributed by atoms with Gasteiger partial charge in [-0.05, 0) is 6.07 Å². The summed E-state index contributed by atoms with van der Waals surface area (Å²) < 4.78 is 0. The van der Waals surface area contributed by atoms with Crippen molar-refractivity contribution in [3.63, 3.8) is 0 Å². The summed E-state index contributed by atoms with van der Waals surface area (Å²) in [5.74, 6) is -2.38. The fraction of sp³-hybridized carbons (Fsp3) is 0. The molecule has 0 radical (unpaired) electrons. The van der Waals surface area contributed by atoms with Gasteiger partial charge in [-0.2, -0.15) is 0 Å². The van der Waals surface area contributed by atoms with Crippen molar-refractivity contribution in [2.75, 3.05) is 0 Å². The molecule has 0 saturated heterocycles. The molecule has 0 aliphatic carbocycles. The smallest absolute Gasteiger partial charge is 0.347 e. The molecule has 0 amide bonds. The Morgan fingerprint density at radius 1 is 1.33 bits per heavy atom. The molecule has 2 N–H and O–H groups in total. The van der Waals surface area contributed by atoms with E-state index in [9.17, 15) is 9.59 Å². The van der Waals surface area contributed by atoms with Crippen LogP contribution in [0.4, 0.5) is 0 Å². The van der Waals surface area contributed by atoms with Crippen LogP contribution in [0, 0.1) is 0 Å². The zero-order valence-corrected chi connectivity index (χ0v) is 7.15. The lowest BCUT2D eigenvalue weighted by Crippen LogP contribution is -1.92. The summed E-state index contributed by atoms with van der Waals surface area (Å²) >= 11 is 6.09. The molecule has 0 aliphatic heterocycles. The molecule has 4 nitrogen and oxygen atoms in total. The highest BCUT2D eigenvalue weighted by molar-refractivity contribution is 7.16. The van der Waals surface area contributed by atoms with Crippen LogP contribution in [-0.4, -0.2) is 22.2 Å². The number of hydrogen-bond acceptors (Lipinski definition) is 3. The normalized spacial score (nSPS) is 9.75. The van der Waals surface area contributed by atoms with E-state index in [1.54, 1.807) is 0 Å².